The normalized spacial score (nSPS) is 16.1. The molecule has 1 aliphatic carbocycles. The summed E-state index contributed by atoms with van der Waals surface area (Å²) >= 11 is 0. The molecule has 1 fully saturated rings. The number of hydrogen-bond donors (Lipinski definition) is 2. The molecule has 1 aromatic carbocycles. The van der Waals surface area contributed by atoms with Gasteiger partial charge in [-0.05, 0) is 37.5 Å². The second kappa shape index (κ2) is 5.87. The Kier molecular flexibility index (Phi) is 4.20. The maximum absolute atomic E-state index is 11.4. The maximum atomic E-state index is 11.4. The van der Waals surface area contributed by atoms with Gasteiger partial charge in [-0.3, -0.25) is 4.79 Å². The molecule has 0 spiro atoms. The van der Waals surface area contributed by atoms with Crippen molar-refractivity contribution in [3.63, 3.8) is 0 Å². The summed E-state index contributed by atoms with van der Waals surface area (Å²) in [5.41, 5.74) is 0.855. The first-order valence-electron chi connectivity index (χ1n) is 6.35. The summed E-state index contributed by atoms with van der Waals surface area (Å²) in [4.78, 5) is 11.4. The van der Waals surface area contributed by atoms with E-state index in [1.807, 2.05) is 12.1 Å². The molecule has 1 saturated carbocycles. The quantitative estimate of drug-likeness (QED) is 0.808. The molecule has 0 aliphatic heterocycles. The number of aliphatic hydroxyl groups excluding tert-OH is 1. The largest absolute Gasteiger partial charge is 0.493 e. The van der Waals surface area contributed by atoms with Gasteiger partial charge in [-0.25, -0.2) is 0 Å². The third kappa shape index (κ3) is 4.04. The van der Waals surface area contributed by atoms with E-state index in [2.05, 4.69) is 5.32 Å². The van der Waals surface area contributed by atoms with E-state index in [-0.39, 0.29) is 5.91 Å². The average molecular weight is 249 g/mol. The zero-order valence-corrected chi connectivity index (χ0v) is 10.6. The van der Waals surface area contributed by atoms with Gasteiger partial charge in [-0.1, -0.05) is 12.1 Å². The number of rotatable bonds is 6. The molecular formula is C14H19NO3. The summed E-state index contributed by atoms with van der Waals surface area (Å²) in [5, 5.41) is 12.3. The molecule has 1 aliphatic rings. The minimum absolute atomic E-state index is 0.0538. The van der Waals surface area contributed by atoms with E-state index >= 15 is 0 Å². The van der Waals surface area contributed by atoms with Crippen LogP contribution in [0.15, 0.2) is 24.3 Å². The van der Waals surface area contributed by atoms with E-state index in [0.717, 1.165) is 24.2 Å². The zero-order chi connectivity index (χ0) is 13.0. The molecule has 0 radical (unpaired) electrons. The van der Waals surface area contributed by atoms with Gasteiger partial charge in [0.25, 0.3) is 0 Å². The van der Waals surface area contributed by atoms with E-state index in [0.29, 0.717) is 19.1 Å². The first-order valence-corrected chi connectivity index (χ1v) is 6.35. The van der Waals surface area contributed by atoms with Crippen molar-refractivity contribution < 1.29 is 14.6 Å². The van der Waals surface area contributed by atoms with Crippen LogP contribution in [0.1, 0.15) is 37.9 Å². The fraction of sp³-hybridized carbons (Fsp3) is 0.500. The van der Waals surface area contributed by atoms with Crippen LogP contribution < -0.4 is 10.1 Å². The molecule has 1 unspecified atom stereocenters. The highest BCUT2D eigenvalue weighted by molar-refractivity contribution is 5.76. The average Bonchev–Trinajstić information content (AvgIpc) is 3.13. The van der Waals surface area contributed by atoms with Gasteiger partial charge >= 0.3 is 0 Å². The van der Waals surface area contributed by atoms with Crippen LogP contribution in [0.4, 0.5) is 0 Å². The van der Waals surface area contributed by atoms with Crippen LogP contribution in [0.3, 0.4) is 0 Å². The highest BCUT2D eigenvalue weighted by Gasteiger charge is 2.22. The Morgan fingerprint density at radius 3 is 2.67 bits per heavy atom. The highest BCUT2D eigenvalue weighted by Crippen LogP contribution is 2.19. The Hall–Kier alpha value is -1.55. The summed E-state index contributed by atoms with van der Waals surface area (Å²) in [7, 11) is 0. The molecular weight excluding hydrogens is 230 g/mol. The number of aliphatic hydroxyl groups is 1. The zero-order valence-electron chi connectivity index (χ0n) is 10.6. The molecule has 1 amide bonds. The minimum atomic E-state index is -0.469. The van der Waals surface area contributed by atoms with Gasteiger partial charge in [0.1, 0.15) is 5.75 Å². The Labute approximate surface area is 107 Å². The Morgan fingerprint density at radius 2 is 2.11 bits per heavy atom. The smallest absolute Gasteiger partial charge is 0.223 e. The van der Waals surface area contributed by atoms with Crippen molar-refractivity contribution in [3.05, 3.63) is 29.8 Å². The van der Waals surface area contributed by atoms with Crippen LogP contribution in [0.25, 0.3) is 0 Å². The predicted molar refractivity (Wildman–Crippen MR) is 68.4 cm³/mol. The summed E-state index contributed by atoms with van der Waals surface area (Å²) in [6, 6.07) is 7.67. The molecule has 0 bridgehead atoms. The van der Waals surface area contributed by atoms with E-state index in [1.165, 1.54) is 0 Å². The topological polar surface area (TPSA) is 58.6 Å². The highest BCUT2D eigenvalue weighted by atomic mass is 16.5. The molecule has 4 heteroatoms. The number of ether oxygens (including phenoxy) is 1. The first-order chi connectivity index (χ1) is 8.65. The summed E-state index contributed by atoms with van der Waals surface area (Å²) in [6.07, 6.45) is 2.12. The summed E-state index contributed by atoms with van der Waals surface area (Å²) < 4.78 is 5.47. The van der Waals surface area contributed by atoms with Gasteiger partial charge in [0, 0.05) is 6.04 Å². The lowest BCUT2D eigenvalue weighted by atomic mass is 10.1. The Bertz CT molecular complexity index is 396. The number of carbonyl (C=O) groups is 1. The van der Waals surface area contributed by atoms with Gasteiger partial charge in [-0.15, -0.1) is 0 Å². The lowest BCUT2D eigenvalue weighted by molar-refractivity contribution is -0.121. The Balaban J connectivity index is 1.70. The molecule has 4 nitrogen and oxygen atoms in total. The number of benzene rings is 1. The molecule has 98 valence electrons. The number of amides is 1. The summed E-state index contributed by atoms with van der Waals surface area (Å²) in [5.74, 6) is 0.775. The fourth-order valence-electron chi connectivity index (χ4n) is 1.63. The monoisotopic (exact) mass is 249 g/mol. The fourth-order valence-corrected chi connectivity index (χ4v) is 1.63. The molecule has 1 atom stereocenters. The number of nitrogens with one attached hydrogen (secondary N) is 1. The lowest BCUT2D eigenvalue weighted by Crippen LogP contribution is -2.26. The van der Waals surface area contributed by atoms with Gasteiger partial charge in [0.2, 0.25) is 5.91 Å². The minimum Gasteiger partial charge on any atom is -0.493 e. The van der Waals surface area contributed by atoms with Crippen LogP contribution in [-0.2, 0) is 4.79 Å². The summed E-state index contributed by atoms with van der Waals surface area (Å²) in [6.45, 7) is 2.10. The van der Waals surface area contributed by atoms with Gasteiger partial charge in [0.15, 0.2) is 0 Å². The van der Waals surface area contributed by atoms with E-state index < -0.39 is 6.10 Å². The van der Waals surface area contributed by atoms with Crippen molar-refractivity contribution in [2.45, 2.75) is 38.3 Å². The number of hydrogen-bond acceptors (Lipinski definition) is 3. The molecule has 0 aromatic heterocycles. The van der Waals surface area contributed by atoms with Gasteiger partial charge in [-0.2, -0.15) is 0 Å². The molecule has 0 heterocycles. The molecule has 2 N–H and O–H groups in total. The first kappa shape index (κ1) is 12.9. The second-order valence-corrected chi connectivity index (χ2v) is 4.69. The van der Waals surface area contributed by atoms with Crippen molar-refractivity contribution in [1.82, 2.24) is 5.32 Å². The van der Waals surface area contributed by atoms with Crippen molar-refractivity contribution >= 4 is 5.91 Å². The molecule has 18 heavy (non-hydrogen) atoms. The lowest BCUT2D eigenvalue weighted by Gasteiger charge is -2.08. The second-order valence-electron chi connectivity index (χ2n) is 4.69. The van der Waals surface area contributed by atoms with Crippen LogP contribution in [0, 0.1) is 0 Å². The van der Waals surface area contributed by atoms with Gasteiger partial charge in [0.05, 0.1) is 19.1 Å². The molecule has 0 saturated heterocycles. The van der Waals surface area contributed by atoms with Crippen LogP contribution in [0.2, 0.25) is 0 Å². The molecule has 2 rings (SSSR count). The van der Waals surface area contributed by atoms with Crippen molar-refractivity contribution in [2.24, 2.45) is 0 Å². The third-order valence-electron chi connectivity index (χ3n) is 2.90. The van der Waals surface area contributed by atoms with Crippen LogP contribution in [0.5, 0.6) is 5.75 Å². The Morgan fingerprint density at radius 1 is 1.44 bits per heavy atom. The van der Waals surface area contributed by atoms with Crippen molar-refractivity contribution in [3.8, 4) is 5.75 Å². The van der Waals surface area contributed by atoms with Gasteiger partial charge < -0.3 is 15.2 Å². The molecule has 1 aromatic rings. The maximum Gasteiger partial charge on any atom is 0.223 e. The van der Waals surface area contributed by atoms with Crippen LogP contribution in [-0.4, -0.2) is 23.7 Å². The van der Waals surface area contributed by atoms with Crippen LogP contribution >= 0.6 is 0 Å². The van der Waals surface area contributed by atoms with Crippen molar-refractivity contribution in [2.75, 3.05) is 6.61 Å². The van der Waals surface area contributed by atoms with E-state index in [1.54, 1.807) is 19.1 Å². The predicted octanol–water partition coefficient (Wildman–Crippen LogP) is 1.79. The SMILES string of the molecule is CC(O)c1ccc(OCCC(=O)NC2CC2)cc1. The number of carbonyl (C=O) groups excluding carboxylic acids is 1. The van der Waals surface area contributed by atoms with Crippen molar-refractivity contribution in [1.29, 1.82) is 0 Å². The third-order valence-corrected chi connectivity index (χ3v) is 2.90. The van der Waals surface area contributed by atoms with E-state index in [4.69, 9.17) is 4.74 Å². The standard InChI is InChI=1S/C14H19NO3/c1-10(16)11-2-6-13(7-3-11)18-9-8-14(17)15-12-4-5-12/h2-3,6-7,10,12,16H,4-5,8-9H2,1H3,(H,15,17). The van der Waals surface area contributed by atoms with E-state index in [9.17, 15) is 9.90 Å².